The number of amides is 1. The number of carbonyl (C=O) groups is 1. The molecule has 0 atom stereocenters. The quantitative estimate of drug-likeness (QED) is 0.740. The average Bonchev–Trinajstić information content (AvgIpc) is 2.44. The molecule has 0 saturated heterocycles. The lowest BCUT2D eigenvalue weighted by Crippen LogP contribution is -2.36. The van der Waals surface area contributed by atoms with Crippen LogP contribution in [0.1, 0.15) is 44.1 Å². The summed E-state index contributed by atoms with van der Waals surface area (Å²) in [4.78, 5) is 12.2. The topological polar surface area (TPSA) is 75.3 Å². The van der Waals surface area contributed by atoms with E-state index in [2.05, 4.69) is 5.32 Å². The number of aryl methyl sites for hydroxylation is 1. The molecule has 1 aliphatic rings. The van der Waals surface area contributed by atoms with Crippen molar-refractivity contribution in [2.24, 2.45) is 11.1 Å². The predicted molar refractivity (Wildman–Crippen MR) is 80.7 cm³/mol. The highest BCUT2D eigenvalue weighted by molar-refractivity contribution is 5.92. The minimum Gasteiger partial charge on any atom is -0.506 e. The standard InChI is InChI=1S/C16H24N2O2/c1-12-5-6-14(19)13(9-12)18-15(20)10-16(11-17)7-3-2-4-8-16/h5-6,9,19H,2-4,7-8,10-11,17H2,1H3,(H,18,20). The van der Waals surface area contributed by atoms with E-state index < -0.39 is 0 Å². The van der Waals surface area contributed by atoms with E-state index in [1.807, 2.05) is 13.0 Å². The van der Waals surface area contributed by atoms with Crippen LogP contribution in [-0.4, -0.2) is 17.6 Å². The molecular formula is C16H24N2O2. The fraction of sp³-hybridized carbons (Fsp3) is 0.562. The van der Waals surface area contributed by atoms with Gasteiger partial charge in [-0.15, -0.1) is 0 Å². The molecule has 0 spiro atoms. The molecule has 110 valence electrons. The number of phenolic OH excluding ortho intramolecular Hbond substituents is 1. The average molecular weight is 276 g/mol. The molecule has 0 radical (unpaired) electrons. The van der Waals surface area contributed by atoms with Crippen molar-refractivity contribution in [2.45, 2.75) is 45.4 Å². The minimum absolute atomic E-state index is 0.0538. The van der Waals surface area contributed by atoms with Crippen molar-refractivity contribution < 1.29 is 9.90 Å². The second-order valence-electron chi connectivity index (χ2n) is 6.01. The van der Waals surface area contributed by atoms with Crippen molar-refractivity contribution in [3.05, 3.63) is 23.8 Å². The lowest BCUT2D eigenvalue weighted by atomic mass is 9.71. The SMILES string of the molecule is Cc1ccc(O)c(NC(=O)CC2(CN)CCCCC2)c1. The van der Waals surface area contributed by atoms with Gasteiger partial charge in [-0.25, -0.2) is 0 Å². The molecule has 0 heterocycles. The fourth-order valence-electron chi connectivity index (χ4n) is 3.04. The lowest BCUT2D eigenvalue weighted by molar-refractivity contribution is -0.118. The van der Waals surface area contributed by atoms with Crippen molar-refractivity contribution in [3.8, 4) is 5.75 Å². The van der Waals surface area contributed by atoms with Crippen molar-refractivity contribution in [2.75, 3.05) is 11.9 Å². The number of nitrogens with two attached hydrogens (primary N) is 1. The summed E-state index contributed by atoms with van der Waals surface area (Å²) < 4.78 is 0. The molecule has 2 rings (SSSR count). The van der Waals surface area contributed by atoms with Gasteiger partial charge in [0.2, 0.25) is 5.91 Å². The van der Waals surface area contributed by atoms with Crippen LogP contribution in [0.3, 0.4) is 0 Å². The molecule has 4 heteroatoms. The van der Waals surface area contributed by atoms with Crippen LogP contribution in [0.25, 0.3) is 0 Å². The summed E-state index contributed by atoms with van der Waals surface area (Å²) in [6, 6.07) is 5.20. The number of hydrogen-bond acceptors (Lipinski definition) is 3. The monoisotopic (exact) mass is 276 g/mol. The second kappa shape index (κ2) is 6.27. The van der Waals surface area contributed by atoms with Gasteiger partial charge in [-0.1, -0.05) is 25.3 Å². The Morgan fingerprint density at radius 3 is 2.70 bits per heavy atom. The maximum atomic E-state index is 12.2. The Kier molecular flexibility index (Phi) is 4.65. The zero-order valence-electron chi connectivity index (χ0n) is 12.1. The van der Waals surface area contributed by atoms with E-state index in [0.29, 0.717) is 18.7 Å². The first-order valence-corrected chi connectivity index (χ1v) is 7.34. The molecule has 4 nitrogen and oxygen atoms in total. The summed E-state index contributed by atoms with van der Waals surface area (Å²) in [5.74, 6) is 0.0487. The number of benzene rings is 1. The van der Waals surface area contributed by atoms with Crippen LogP contribution < -0.4 is 11.1 Å². The first kappa shape index (κ1) is 14.9. The maximum Gasteiger partial charge on any atom is 0.225 e. The summed E-state index contributed by atoms with van der Waals surface area (Å²) >= 11 is 0. The zero-order valence-corrected chi connectivity index (χ0v) is 12.1. The molecule has 20 heavy (non-hydrogen) atoms. The van der Waals surface area contributed by atoms with E-state index in [-0.39, 0.29) is 17.1 Å². The molecule has 1 saturated carbocycles. The van der Waals surface area contributed by atoms with Gasteiger partial charge in [0.25, 0.3) is 0 Å². The summed E-state index contributed by atoms with van der Waals surface area (Å²) in [5.41, 5.74) is 7.34. The Bertz CT molecular complexity index is 479. The number of nitrogens with one attached hydrogen (secondary N) is 1. The molecule has 1 aromatic rings. The van der Waals surface area contributed by atoms with Crippen molar-refractivity contribution in [3.63, 3.8) is 0 Å². The van der Waals surface area contributed by atoms with Gasteiger partial charge in [0.05, 0.1) is 5.69 Å². The number of hydrogen-bond donors (Lipinski definition) is 3. The summed E-state index contributed by atoms with van der Waals surface area (Å²) in [6.45, 7) is 2.48. The number of anilines is 1. The number of phenols is 1. The molecule has 0 unspecified atom stereocenters. The van der Waals surface area contributed by atoms with Crippen LogP contribution in [-0.2, 0) is 4.79 Å². The van der Waals surface area contributed by atoms with E-state index in [1.54, 1.807) is 12.1 Å². The Hall–Kier alpha value is -1.55. The third kappa shape index (κ3) is 3.51. The Balaban J connectivity index is 2.02. The summed E-state index contributed by atoms with van der Waals surface area (Å²) in [6.07, 6.45) is 6.03. The van der Waals surface area contributed by atoms with E-state index >= 15 is 0 Å². The van der Waals surface area contributed by atoms with E-state index in [4.69, 9.17) is 5.73 Å². The van der Waals surface area contributed by atoms with Crippen LogP contribution >= 0.6 is 0 Å². The van der Waals surface area contributed by atoms with Gasteiger partial charge < -0.3 is 16.2 Å². The Morgan fingerprint density at radius 2 is 2.05 bits per heavy atom. The molecule has 0 bridgehead atoms. The van der Waals surface area contributed by atoms with Crippen molar-refractivity contribution in [1.82, 2.24) is 0 Å². The predicted octanol–water partition coefficient (Wildman–Crippen LogP) is 2.94. The Morgan fingerprint density at radius 1 is 1.35 bits per heavy atom. The van der Waals surface area contributed by atoms with Crippen LogP contribution in [0.2, 0.25) is 0 Å². The minimum atomic E-state index is -0.0572. The number of aromatic hydroxyl groups is 1. The molecule has 4 N–H and O–H groups in total. The normalized spacial score (nSPS) is 17.7. The first-order valence-electron chi connectivity index (χ1n) is 7.34. The van der Waals surface area contributed by atoms with Gasteiger partial charge >= 0.3 is 0 Å². The number of carbonyl (C=O) groups excluding carboxylic acids is 1. The molecule has 0 aliphatic heterocycles. The van der Waals surface area contributed by atoms with Gasteiger partial charge in [0.15, 0.2) is 0 Å². The summed E-state index contributed by atoms with van der Waals surface area (Å²) in [5, 5.41) is 12.6. The van der Waals surface area contributed by atoms with Crippen molar-refractivity contribution in [1.29, 1.82) is 0 Å². The van der Waals surface area contributed by atoms with Gasteiger partial charge in [-0.05, 0) is 49.4 Å². The van der Waals surface area contributed by atoms with Crippen LogP contribution in [0.15, 0.2) is 18.2 Å². The highest BCUT2D eigenvalue weighted by Crippen LogP contribution is 2.38. The summed E-state index contributed by atoms with van der Waals surface area (Å²) in [7, 11) is 0. The van der Waals surface area contributed by atoms with Crippen LogP contribution in [0.5, 0.6) is 5.75 Å². The molecule has 0 aromatic heterocycles. The fourth-order valence-corrected chi connectivity index (χ4v) is 3.04. The lowest BCUT2D eigenvalue weighted by Gasteiger charge is -2.35. The smallest absolute Gasteiger partial charge is 0.225 e. The molecule has 1 aliphatic carbocycles. The third-order valence-corrected chi connectivity index (χ3v) is 4.31. The van der Waals surface area contributed by atoms with Crippen LogP contribution in [0.4, 0.5) is 5.69 Å². The van der Waals surface area contributed by atoms with E-state index in [1.165, 1.54) is 6.42 Å². The van der Waals surface area contributed by atoms with E-state index in [9.17, 15) is 9.90 Å². The highest BCUT2D eigenvalue weighted by atomic mass is 16.3. The van der Waals surface area contributed by atoms with Crippen LogP contribution in [0, 0.1) is 12.3 Å². The van der Waals surface area contributed by atoms with Gasteiger partial charge in [0.1, 0.15) is 5.75 Å². The first-order chi connectivity index (χ1) is 9.54. The molecule has 1 amide bonds. The van der Waals surface area contributed by atoms with Crippen molar-refractivity contribution >= 4 is 11.6 Å². The molecule has 1 fully saturated rings. The largest absolute Gasteiger partial charge is 0.506 e. The molecular weight excluding hydrogens is 252 g/mol. The Labute approximate surface area is 120 Å². The van der Waals surface area contributed by atoms with Gasteiger partial charge in [0, 0.05) is 6.42 Å². The molecule has 1 aromatic carbocycles. The van der Waals surface area contributed by atoms with Gasteiger partial charge in [-0.2, -0.15) is 0 Å². The van der Waals surface area contributed by atoms with E-state index in [0.717, 1.165) is 31.2 Å². The third-order valence-electron chi connectivity index (χ3n) is 4.31. The highest BCUT2D eigenvalue weighted by Gasteiger charge is 2.33. The zero-order chi connectivity index (χ0) is 14.6. The number of rotatable bonds is 4. The maximum absolute atomic E-state index is 12.2. The second-order valence-corrected chi connectivity index (χ2v) is 6.01. The van der Waals surface area contributed by atoms with Gasteiger partial charge in [-0.3, -0.25) is 4.79 Å².